The highest BCUT2D eigenvalue weighted by atomic mass is 16.5. The summed E-state index contributed by atoms with van der Waals surface area (Å²) < 4.78 is 11.8. The molecule has 25 heavy (non-hydrogen) atoms. The molecule has 0 amide bonds. The molecule has 0 aliphatic carbocycles. The van der Waals surface area contributed by atoms with Crippen LogP contribution in [0.15, 0.2) is 78.9 Å². The van der Waals surface area contributed by atoms with Crippen LogP contribution in [0.25, 0.3) is 0 Å². The van der Waals surface area contributed by atoms with Gasteiger partial charge in [0.15, 0.2) is 17.8 Å². The number of para-hydroxylation sites is 1. The number of carbonyl (C=O) groups is 1. The second-order valence-electron chi connectivity index (χ2n) is 5.65. The summed E-state index contributed by atoms with van der Waals surface area (Å²) in [4.78, 5) is 11.4. The predicted molar refractivity (Wildman–Crippen MR) is 98.2 cm³/mol. The Morgan fingerprint density at radius 1 is 0.720 bits per heavy atom. The standard InChI is InChI=1S/C22H20O3/c23-16-20-12-7-13-21(24-15-14-18-8-3-1-4-9-18)22(20)25-17-19-10-5-2-6-11-19/h1-13,16H,14-15,17H2. The molecule has 0 saturated carbocycles. The van der Waals surface area contributed by atoms with E-state index in [4.69, 9.17) is 9.47 Å². The monoisotopic (exact) mass is 332 g/mol. The Hall–Kier alpha value is -3.07. The molecule has 0 N–H and O–H groups in total. The van der Waals surface area contributed by atoms with E-state index in [9.17, 15) is 4.79 Å². The minimum absolute atomic E-state index is 0.390. The zero-order chi connectivity index (χ0) is 17.3. The Morgan fingerprint density at radius 3 is 2.08 bits per heavy atom. The second kappa shape index (κ2) is 8.69. The van der Waals surface area contributed by atoms with Gasteiger partial charge in [0.05, 0.1) is 12.2 Å². The van der Waals surface area contributed by atoms with Crippen molar-refractivity contribution in [1.29, 1.82) is 0 Å². The lowest BCUT2D eigenvalue weighted by atomic mass is 10.1. The minimum Gasteiger partial charge on any atom is -0.489 e. The molecule has 0 bridgehead atoms. The summed E-state index contributed by atoms with van der Waals surface area (Å²) in [6, 6.07) is 25.4. The number of hydrogen-bond acceptors (Lipinski definition) is 3. The molecule has 0 unspecified atom stereocenters. The van der Waals surface area contributed by atoms with E-state index >= 15 is 0 Å². The maximum Gasteiger partial charge on any atom is 0.172 e. The Balaban J connectivity index is 1.68. The molecule has 3 rings (SSSR count). The molecule has 0 spiro atoms. The second-order valence-corrected chi connectivity index (χ2v) is 5.65. The number of carbonyl (C=O) groups excluding carboxylic acids is 1. The molecule has 0 radical (unpaired) electrons. The number of hydrogen-bond donors (Lipinski definition) is 0. The molecule has 3 heteroatoms. The molecule has 0 heterocycles. The average Bonchev–Trinajstić information content (AvgIpc) is 2.68. The quantitative estimate of drug-likeness (QED) is 0.561. The van der Waals surface area contributed by atoms with Crippen LogP contribution in [0.2, 0.25) is 0 Å². The Morgan fingerprint density at radius 2 is 1.40 bits per heavy atom. The Kier molecular flexibility index (Phi) is 5.83. The van der Waals surface area contributed by atoms with Gasteiger partial charge in [-0.15, -0.1) is 0 Å². The molecule has 0 aromatic heterocycles. The highest BCUT2D eigenvalue weighted by Crippen LogP contribution is 2.31. The molecule has 0 fully saturated rings. The van der Waals surface area contributed by atoms with Crippen LogP contribution in [0.3, 0.4) is 0 Å². The van der Waals surface area contributed by atoms with Crippen molar-refractivity contribution < 1.29 is 14.3 Å². The number of aldehydes is 1. The first-order chi connectivity index (χ1) is 12.4. The molecule has 3 aromatic carbocycles. The molecule has 0 aliphatic rings. The van der Waals surface area contributed by atoms with Gasteiger partial charge in [-0.2, -0.15) is 0 Å². The van der Waals surface area contributed by atoms with E-state index in [1.165, 1.54) is 5.56 Å². The maximum absolute atomic E-state index is 11.4. The summed E-state index contributed by atoms with van der Waals surface area (Å²) in [6.07, 6.45) is 1.59. The SMILES string of the molecule is O=Cc1cccc(OCCc2ccccc2)c1OCc1ccccc1. The van der Waals surface area contributed by atoms with Crippen LogP contribution in [0.5, 0.6) is 11.5 Å². The summed E-state index contributed by atoms with van der Waals surface area (Å²) in [5, 5.41) is 0. The van der Waals surface area contributed by atoms with Crippen LogP contribution in [0, 0.1) is 0 Å². The molecular formula is C22H20O3. The highest BCUT2D eigenvalue weighted by molar-refractivity contribution is 5.81. The Bertz CT molecular complexity index is 798. The van der Waals surface area contributed by atoms with E-state index in [0.29, 0.717) is 30.3 Å². The van der Waals surface area contributed by atoms with Crippen molar-refractivity contribution in [1.82, 2.24) is 0 Å². The fourth-order valence-electron chi connectivity index (χ4n) is 2.55. The first-order valence-electron chi connectivity index (χ1n) is 8.28. The average molecular weight is 332 g/mol. The van der Waals surface area contributed by atoms with Gasteiger partial charge in [-0.05, 0) is 23.3 Å². The van der Waals surface area contributed by atoms with Crippen LogP contribution in [0.4, 0.5) is 0 Å². The molecule has 126 valence electrons. The number of benzene rings is 3. The van der Waals surface area contributed by atoms with Crippen molar-refractivity contribution in [2.75, 3.05) is 6.61 Å². The van der Waals surface area contributed by atoms with E-state index < -0.39 is 0 Å². The molecule has 3 aromatic rings. The van der Waals surface area contributed by atoms with Crippen LogP contribution < -0.4 is 9.47 Å². The van der Waals surface area contributed by atoms with Gasteiger partial charge in [-0.1, -0.05) is 66.7 Å². The topological polar surface area (TPSA) is 35.5 Å². The van der Waals surface area contributed by atoms with Crippen molar-refractivity contribution in [3.05, 3.63) is 95.6 Å². The van der Waals surface area contributed by atoms with Crippen molar-refractivity contribution in [2.45, 2.75) is 13.0 Å². The summed E-state index contributed by atoms with van der Waals surface area (Å²) in [7, 11) is 0. The van der Waals surface area contributed by atoms with E-state index in [2.05, 4.69) is 12.1 Å². The van der Waals surface area contributed by atoms with E-state index in [-0.39, 0.29) is 0 Å². The highest BCUT2D eigenvalue weighted by Gasteiger charge is 2.11. The van der Waals surface area contributed by atoms with E-state index in [1.54, 1.807) is 12.1 Å². The third-order valence-corrected chi connectivity index (χ3v) is 3.85. The lowest BCUT2D eigenvalue weighted by molar-refractivity contribution is 0.111. The van der Waals surface area contributed by atoms with Crippen LogP contribution >= 0.6 is 0 Å². The van der Waals surface area contributed by atoms with Crippen molar-refractivity contribution in [2.24, 2.45) is 0 Å². The van der Waals surface area contributed by atoms with Crippen molar-refractivity contribution >= 4 is 6.29 Å². The smallest absolute Gasteiger partial charge is 0.172 e. The van der Waals surface area contributed by atoms with Crippen LogP contribution in [0.1, 0.15) is 21.5 Å². The molecule has 0 saturated heterocycles. The zero-order valence-electron chi connectivity index (χ0n) is 13.9. The first-order valence-corrected chi connectivity index (χ1v) is 8.28. The summed E-state index contributed by atoms with van der Waals surface area (Å²) in [6.45, 7) is 0.911. The van der Waals surface area contributed by atoms with Gasteiger partial charge in [0, 0.05) is 6.42 Å². The normalized spacial score (nSPS) is 10.2. The lowest BCUT2D eigenvalue weighted by Gasteiger charge is -2.14. The van der Waals surface area contributed by atoms with Crippen LogP contribution in [-0.4, -0.2) is 12.9 Å². The molecular weight excluding hydrogens is 312 g/mol. The molecule has 3 nitrogen and oxygen atoms in total. The lowest BCUT2D eigenvalue weighted by Crippen LogP contribution is -2.05. The largest absolute Gasteiger partial charge is 0.489 e. The van der Waals surface area contributed by atoms with Gasteiger partial charge < -0.3 is 9.47 Å². The summed E-state index contributed by atoms with van der Waals surface area (Å²) >= 11 is 0. The Labute approximate surface area is 147 Å². The van der Waals surface area contributed by atoms with Crippen LogP contribution in [-0.2, 0) is 13.0 Å². The fraction of sp³-hybridized carbons (Fsp3) is 0.136. The van der Waals surface area contributed by atoms with E-state index in [1.807, 2.05) is 54.6 Å². The van der Waals surface area contributed by atoms with Crippen molar-refractivity contribution in [3.8, 4) is 11.5 Å². The third kappa shape index (κ3) is 4.70. The van der Waals surface area contributed by atoms with Gasteiger partial charge in [0.1, 0.15) is 6.61 Å². The van der Waals surface area contributed by atoms with Gasteiger partial charge in [0.25, 0.3) is 0 Å². The minimum atomic E-state index is 0.390. The van der Waals surface area contributed by atoms with Gasteiger partial charge >= 0.3 is 0 Å². The maximum atomic E-state index is 11.4. The predicted octanol–water partition coefficient (Wildman–Crippen LogP) is 4.70. The number of ether oxygens (including phenoxy) is 2. The first kappa shape index (κ1) is 16.8. The molecule has 0 aliphatic heterocycles. The fourth-order valence-corrected chi connectivity index (χ4v) is 2.55. The van der Waals surface area contributed by atoms with Gasteiger partial charge in [0.2, 0.25) is 0 Å². The summed E-state index contributed by atoms with van der Waals surface area (Å²) in [5.41, 5.74) is 2.74. The van der Waals surface area contributed by atoms with Gasteiger partial charge in [-0.3, -0.25) is 4.79 Å². The zero-order valence-corrected chi connectivity index (χ0v) is 13.9. The van der Waals surface area contributed by atoms with E-state index in [0.717, 1.165) is 18.3 Å². The van der Waals surface area contributed by atoms with Crippen molar-refractivity contribution in [3.63, 3.8) is 0 Å². The molecule has 0 atom stereocenters. The van der Waals surface area contributed by atoms with Gasteiger partial charge in [-0.25, -0.2) is 0 Å². The summed E-state index contributed by atoms with van der Waals surface area (Å²) in [5.74, 6) is 1.09. The number of rotatable bonds is 8. The third-order valence-electron chi connectivity index (χ3n) is 3.85.